The van der Waals surface area contributed by atoms with Crippen LogP contribution in [0.2, 0.25) is 0 Å². The Morgan fingerprint density at radius 1 is 1.37 bits per heavy atom. The summed E-state index contributed by atoms with van der Waals surface area (Å²) in [7, 11) is 0. The Morgan fingerprint density at radius 2 is 2.05 bits per heavy atom. The van der Waals surface area contributed by atoms with Gasteiger partial charge in [0.15, 0.2) is 0 Å². The standard InChI is InChI=1S/C13H14F3NO2/c1-12(8-17-11(18)7-19-12)6-9-4-2-3-5-10(9)13(14,15)16/h2-5H,6-8H2,1H3,(H,17,18). The lowest BCUT2D eigenvalue weighted by atomic mass is 9.92. The van der Waals surface area contributed by atoms with Crippen LogP contribution in [0.1, 0.15) is 18.1 Å². The smallest absolute Gasteiger partial charge is 0.363 e. The number of morpholine rings is 1. The summed E-state index contributed by atoms with van der Waals surface area (Å²) in [6.07, 6.45) is -4.28. The lowest BCUT2D eigenvalue weighted by Crippen LogP contribution is -2.52. The second-order valence-electron chi connectivity index (χ2n) is 4.85. The number of hydrogen-bond acceptors (Lipinski definition) is 2. The van der Waals surface area contributed by atoms with Crippen LogP contribution in [-0.4, -0.2) is 24.7 Å². The summed E-state index contributed by atoms with van der Waals surface area (Å²) in [6, 6.07) is 5.42. The van der Waals surface area contributed by atoms with Gasteiger partial charge in [-0.05, 0) is 18.6 Å². The molecule has 1 aliphatic rings. The van der Waals surface area contributed by atoms with E-state index in [4.69, 9.17) is 4.74 Å². The fourth-order valence-corrected chi connectivity index (χ4v) is 2.09. The lowest BCUT2D eigenvalue weighted by Gasteiger charge is -2.34. The third-order valence-corrected chi connectivity index (χ3v) is 3.10. The molecule has 19 heavy (non-hydrogen) atoms. The molecule has 0 aliphatic carbocycles. The van der Waals surface area contributed by atoms with Crippen molar-refractivity contribution in [1.29, 1.82) is 0 Å². The number of amides is 1. The molecule has 1 amide bonds. The fourth-order valence-electron chi connectivity index (χ4n) is 2.09. The third-order valence-electron chi connectivity index (χ3n) is 3.10. The largest absolute Gasteiger partial charge is 0.416 e. The quantitative estimate of drug-likeness (QED) is 0.896. The van der Waals surface area contributed by atoms with Crippen LogP contribution in [0.5, 0.6) is 0 Å². The van der Waals surface area contributed by atoms with Crippen molar-refractivity contribution < 1.29 is 22.7 Å². The summed E-state index contributed by atoms with van der Waals surface area (Å²) in [5.41, 5.74) is -1.29. The molecule has 0 aromatic heterocycles. The minimum absolute atomic E-state index is 0.100. The number of halogens is 3. The summed E-state index contributed by atoms with van der Waals surface area (Å²) >= 11 is 0. The van der Waals surface area contributed by atoms with Crippen molar-refractivity contribution >= 4 is 5.91 Å². The zero-order valence-electron chi connectivity index (χ0n) is 10.4. The molecule has 1 atom stereocenters. The average Bonchev–Trinajstić information content (AvgIpc) is 2.33. The topological polar surface area (TPSA) is 38.3 Å². The molecular formula is C13H14F3NO2. The van der Waals surface area contributed by atoms with Gasteiger partial charge in [-0.15, -0.1) is 0 Å². The van der Waals surface area contributed by atoms with E-state index in [2.05, 4.69) is 5.32 Å². The van der Waals surface area contributed by atoms with Gasteiger partial charge in [-0.1, -0.05) is 18.2 Å². The maximum atomic E-state index is 12.9. The van der Waals surface area contributed by atoms with E-state index in [-0.39, 0.29) is 31.0 Å². The Bertz CT molecular complexity index is 475. The van der Waals surface area contributed by atoms with Crippen molar-refractivity contribution in [2.45, 2.75) is 25.1 Å². The number of carbonyl (C=O) groups excluding carboxylic acids is 1. The lowest BCUT2D eigenvalue weighted by molar-refractivity contribution is -0.144. The zero-order chi connectivity index (χ0) is 14.1. The summed E-state index contributed by atoms with van der Waals surface area (Å²) in [5.74, 6) is -0.249. The van der Waals surface area contributed by atoms with Crippen LogP contribution in [0.3, 0.4) is 0 Å². The van der Waals surface area contributed by atoms with Crippen LogP contribution in [0.15, 0.2) is 24.3 Å². The molecule has 0 radical (unpaired) electrons. The van der Waals surface area contributed by atoms with E-state index in [0.29, 0.717) is 0 Å². The van der Waals surface area contributed by atoms with Crippen molar-refractivity contribution in [1.82, 2.24) is 5.32 Å². The van der Waals surface area contributed by atoms with Gasteiger partial charge < -0.3 is 10.1 Å². The van der Waals surface area contributed by atoms with Crippen LogP contribution in [-0.2, 0) is 22.1 Å². The molecule has 0 bridgehead atoms. The van der Waals surface area contributed by atoms with Crippen LogP contribution >= 0.6 is 0 Å². The first kappa shape index (κ1) is 13.9. The number of hydrogen-bond donors (Lipinski definition) is 1. The Morgan fingerprint density at radius 3 is 2.63 bits per heavy atom. The molecule has 3 nitrogen and oxygen atoms in total. The van der Waals surface area contributed by atoms with Crippen LogP contribution in [0.25, 0.3) is 0 Å². The van der Waals surface area contributed by atoms with E-state index < -0.39 is 17.3 Å². The van der Waals surface area contributed by atoms with E-state index in [9.17, 15) is 18.0 Å². The fraction of sp³-hybridized carbons (Fsp3) is 0.462. The third kappa shape index (κ3) is 3.26. The number of rotatable bonds is 2. The molecule has 2 rings (SSSR count). The van der Waals surface area contributed by atoms with E-state index >= 15 is 0 Å². The SMILES string of the molecule is CC1(Cc2ccccc2C(F)(F)F)CNC(=O)CO1. The van der Waals surface area contributed by atoms with Gasteiger partial charge in [0.05, 0.1) is 11.2 Å². The van der Waals surface area contributed by atoms with Crippen molar-refractivity contribution in [3.63, 3.8) is 0 Å². The van der Waals surface area contributed by atoms with E-state index in [1.165, 1.54) is 12.1 Å². The van der Waals surface area contributed by atoms with Crippen LogP contribution < -0.4 is 5.32 Å². The number of carbonyl (C=O) groups is 1. The highest BCUT2D eigenvalue weighted by molar-refractivity contribution is 5.78. The first-order chi connectivity index (χ1) is 8.80. The van der Waals surface area contributed by atoms with Gasteiger partial charge >= 0.3 is 6.18 Å². The van der Waals surface area contributed by atoms with E-state index in [0.717, 1.165) is 6.07 Å². The Labute approximate surface area is 108 Å². The Kier molecular flexibility index (Phi) is 3.54. The highest BCUT2D eigenvalue weighted by Gasteiger charge is 2.37. The average molecular weight is 273 g/mol. The van der Waals surface area contributed by atoms with Crippen molar-refractivity contribution in [2.75, 3.05) is 13.2 Å². The monoisotopic (exact) mass is 273 g/mol. The first-order valence-electron chi connectivity index (χ1n) is 5.86. The second kappa shape index (κ2) is 4.85. The molecule has 6 heteroatoms. The molecule has 1 saturated heterocycles. The normalized spacial score (nSPS) is 24.1. The number of benzene rings is 1. The highest BCUT2D eigenvalue weighted by atomic mass is 19.4. The molecule has 104 valence electrons. The minimum atomic E-state index is -4.38. The molecule has 0 spiro atoms. The maximum Gasteiger partial charge on any atom is 0.416 e. The molecule has 1 fully saturated rings. The molecule has 0 saturated carbocycles. The summed E-state index contributed by atoms with van der Waals surface area (Å²) < 4.78 is 44.0. The van der Waals surface area contributed by atoms with Gasteiger partial charge in [0.2, 0.25) is 5.91 Å². The number of ether oxygens (including phenoxy) is 1. The van der Waals surface area contributed by atoms with Crippen molar-refractivity contribution in [3.05, 3.63) is 35.4 Å². The molecular weight excluding hydrogens is 259 g/mol. The minimum Gasteiger partial charge on any atom is -0.363 e. The summed E-state index contributed by atoms with van der Waals surface area (Å²) in [5, 5.41) is 2.61. The van der Waals surface area contributed by atoms with Gasteiger partial charge in [-0.3, -0.25) is 4.79 Å². The van der Waals surface area contributed by atoms with Crippen molar-refractivity contribution in [2.24, 2.45) is 0 Å². The van der Waals surface area contributed by atoms with Gasteiger partial charge in [0, 0.05) is 13.0 Å². The molecule has 1 N–H and O–H groups in total. The number of alkyl halides is 3. The second-order valence-corrected chi connectivity index (χ2v) is 4.85. The molecule has 1 aliphatic heterocycles. The predicted molar refractivity (Wildman–Crippen MR) is 62.5 cm³/mol. The van der Waals surface area contributed by atoms with Crippen LogP contribution in [0, 0.1) is 0 Å². The Hall–Kier alpha value is -1.56. The Balaban J connectivity index is 2.22. The van der Waals surface area contributed by atoms with Gasteiger partial charge in [0.1, 0.15) is 6.61 Å². The maximum absolute atomic E-state index is 12.9. The molecule has 1 aromatic carbocycles. The molecule has 1 unspecified atom stereocenters. The highest BCUT2D eigenvalue weighted by Crippen LogP contribution is 2.34. The summed E-state index contributed by atoms with van der Waals surface area (Å²) in [4.78, 5) is 11.0. The van der Waals surface area contributed by atoms with Gasteiger partial charge in [-0.2, -0.15) is 13.2 Å². The first-order valence-corrected chi connectivity index (χ1v) is 5.86. The predicted octanol–water partition coefficient (Wildman–Crippen LogP) is 2.15. The van der Waals surface area contributed by atoms with Gasteiger partial charge in [0.25, 0.3) is 0 Å². The summed E-state index contributed by atoms with van der Waals surface area (Å²) in [6.45, 7) is 1.78. The van der Waals surface area contributed by atoms with Crippen molar-refractivity contribution in [3.8, 4) is 0 Å². The van der Waals surface area contributed by atoms with Gasteiger partial charge in [-0.25, -0.2) is 0 Å². The molecule has 1 aromatic rings. The molecule has 1 heterocycles. The van der Waals surface area contributed by atoms with E-state index in [1.54, 1.807) is 13.0 Å². The van der Waals surface area contributed by atoms with E-state index in [1.807, 2.05) is 0 Å². The zero-order valence-corrected chi connectivity index (χ0v) is 10.4. The van der Waals surface area contributed by atoms with Crippen LogP contribution in [0.4, 0.5) is 13.2 Å². The number of nitrogens with one attached hydrogen (secondary N) is 1.